The third-order valence-electron chi connectivity index (χ3n) is 2.68. The molecule has 5 nitrogen and oxygen atoms in total. The van der Waals surface area contributed by atoms with Crippen molar-refractivity contribution >= 4 is 28.7 Å². The van der Waals surface area contributed by atoms with E-state index in [9.17, 15) is 4.39 Å². The number of hydrogen-bond donors (Lipinski definition) is 3. The molecule has 1 atom stereocenters. The molecule has 5 N–H and O–H groups in total. The van der Waals surface area contributed by atoms with Gasteiger partial charge in [-0.25, -0.2) is 4.39 Å². The highest BCUT2D eigenvalue weighted by Gasteiger charge is 2.16. The minimum atomic E-state index is -0.633. The summed E-state index contributed by atoms with van der Waals surface area (Å²) in [5, 5.41) is 6.94. The van der Waals surface area contributed by atoms with E-state index in [2.05, 4.69) is 10.4 Å². The lowest BCUT2D eigenvalue weighted by atomic mass is 10.2. The summed E-state index contributed by atoms with van der Waals surface area (Å²) in [7, 11) is 0. The smallest absolute Gasteiger partial charge is 0.169 e. The van der Waals surface area contributed by atoms with Crippen molar-refractivity contribution in [3.05, 3.63) is 35.4 Å². The molecule has 0 saturated heterocycles. The van der Waals surface area contributed by atoms with Gasteiger partial charge in [-0.15, -0.1) is 0 Å². The van der Waals surface area contributed by atoms with Crippen molar-refractivity contribution in [2.45, 2.75) is 19.5 Å². The number of anilines is 3. The molecule has 102 valence electrons. The monoisotopic (exact) mass is 283 g/mol. The van der Waals surface area contributed by atoms with Crippen molar-refractivity contribution in [2.75, 3.05) is 16.8 Å². The molecule has 0 radical (unpaired) electrons. The fourth-order valence-electron chi connectivity index (χ4n) is 1.79. The van der Waals surface area contributed by atoms with Crippen molar-refractivity contribution in [2.24, 2.45) is 0 Å². The lowest BCUT2D eigenvalue weighted by Crippen LogP contribution is -2.23. The van der Waals surface area contributed by atoms with Gasteiger partial charge in [-0.05, 0) is 19.1 Å². The maximum Gasteiger partial charge on any atom is 0.169 e. The van der Waals surface area contributed by atoms with E-state index in [-0.39, 0.29) is 28.1 Å². The van der Waals surface area contributed by atoms with Crippen LogP contribution in [-0.4, -0.2) is 15.8 Å². The molecule has 1 aromatic carbocycles. The third-order valence-corrected chi connectivity index (χ3v) is 3.06. The highest BCUT2D eigenvalue weighted by molar-refractivity contribution is 6.33. The Balaban J connectivity index is 2.17. The Bertz CT molecular complexity index is 570. The predicted molar refractivity (Wildman–Crippen MR) is 75.5 cm³/mol. The number of nitrogens with two attached hydrogens (primary N) is 2. The van der Waals surface area contributed by atoms with E-state index in [0.29, 0.717) is 6.54 Å². The molecule has 0 saturated carbocycles. The van der Waals surface area contributed by atoms with Crippen LogP contribution < -0.4 is 16.8 Å². The normalized spacial score (nSPS) is 12.4. The quantitative estimate of drug-likeness (QED) is 0.752. The Hall–Kier alpha value is -1.95. The molecule has 19 heavy (non-hydrogen) atoms. The van der Waals surface area contributed by atoms with Gasteiger partial charge in [0.05, 0.1) is 23.6 Å². The number of nitrogens with zero attached hydrogens (tertiary/aromatic N) is 2. The summed E-state index contributed by atoms with van der Waals surface area (Å²) < 4.78 is 15.7. The number of aromatic nitrogens is 2. The van der Waals surface area contributed by atoms with E-state index in [1.54, 1.807) is 10.9 Å². The zero-order chi connectivity index (χ0) is 14.0. The topological polar surface area (TPSA) is 81.9 Å². The first-order valence-corrected chi connectivity index (χ1v) is 6.13. The van der Waals surface area contributed by atoms with Crippen LogP contribution in [0.15, 0.2) is 24.5 Å². The van der Waals surface area contributed by atoms with E-state index in [1.165, 1.54) is 6.07 Å². The molecule has 0 aliphatic carbocycles. The summed E-state index contributed by atoms with van der Waals surface area (Å²) in [4.78, 5) is 0. The molecule has 1 heterocycles. The van der Waals surface area contributed by atoms with E-state index < -0.39 is 5.82 Å². The molecule has 7 heteroatoms. The van der Waals surface area contributed by atoms with Crippen LogP contribution in [0.1, 0.15) is 6.92 Å². The van der Waals surface area contributed by atoms with Gasteiger partial charge in [0.15, 0.2) is 5.82 Å². The van der Waals surface area contributed by atoms with Gasteiger partial charge in [0, 0.05) is 18.4 Å². The number of halogens is 2. The first-order chi connectivity index (χ1) is 8.99. The highest BCUT2D eigenvalue weighted by Crippen LogP contribution is 2.34. The average Bonchev–Trinajstić information content (AvgIpc) is 2.85. The van der Waals surface area contributed by atoms with E-state index in [0.717, 1.165) is 0 Å². The van der Waals surface area contributed by atoms with Crippen LogP contribution in [0.4, 0.5) is 21.5 Å². The Morgan fingerprint density at radius 2 is 2.21 bits per heavy atom. The van der Waals surface area contributed by atoms with E-state index >= 15 is 0 Å². The molecule has 0 aliphatic rings. The van der Waals surface area contributed by atoms with Gasteiger partial charge in [0.2, 0.25) is 0 Å². The maximum absolute atomic E-state index is 14.0. The number of benzene rings is 1. The van der Waals surface area contributed by atoms with Crippen molar-refractivity contribution in [1.82, 2.24) is 9.78 Å². The van der Waals surface area contributed by atoms with Crippen molar-refractivity contribution in [3.8, 4) is 0 Å². The first-order valence-electron chi connectivity index (χ1n) is 5.76. The summed E-state index contributed by atoms with van der Waals surface area (Å²) in [5.41, 5.74) is 11.8. The zero-order valence-corrected chi connectivity index (χ0v) is 11.2. The number of nitrogens with one attached hydrogen (secondary N) is 1. The summed E-state index contributed by atoms with van der Waals surface area (Å²) in [6.45, 7) is 2.47. The van der Waals surface area contributed by atoms with Crippen LogP contribution in [-0.2, 0) is 6.54 Å². The van der Waals surface area contributed by atoms with Crippen LogP contribution in [0.2, 0.25) is 5.02 Å². The summed E-state index contributed by atoms with van der Waals surface area (Å²) in [6, 6.07) is 3.19. The van der Waals surface area contributed by atoms with Gasteiger partial charge >= 0.3 is 0 Å². The van der Waals surface area contributed by atoms with Gasteiger partial charge in [-0.3, -0.25) is 4.68 Å². The summed E-state index contributed by atoms with van der Waals surface area (Å²) in [5.74, 6) is -0.633. The number of nitrogen functional groups attached to an aromatic ring is 2. The lowest BCUT2D eigenvalue weighted by Gasteiger charge is -2.18. The number of rotatable bonds is 4. The molecule has 0 amide bonds. The molecular weight excluding hydrogens is 269 g/mol. The molecular formula is C12H15ClFN5. The molecule has 0 bridgehead atoms. The molecule has 0 fully saturated rings. The predicted octanol–water partition coefficient (Wildman–Crippen LogP) is 2.34. The minimum absolute atomic E-state index is 0.0728. The second kappa shape index (κ2) is 5.36. The van der Waals surface area contributed by atoms with Gasteiger partial charge in [-0.1, -0.05) is 11.6 Å². The van der Waals surface area contributed by atoms with Crippen molar-refractivity contribution in [1.29, 1.82) is 0 Å². The van der Waals surface area contributed by atoms with E-state index in [1.807, 2.05) is 19.2 Å². The Labute approximate surface area is 115 Å². The van der Waals surface area contributed by atoms with Crippen molar-refractivity contribution in [3.63, 3.8) is 0 Å². The largest absolute Gasteiger partial charge is 0.397 e. The van der Waals surface area contributed by atoms with Crippen LogP contribution in [0.5, 0.6) is 0 Å². The fourth-order valence-corrected chi connectivity index (χ4v) is 1.94. The fraction of sp³-hybridized carbons (Fsp3) is 0.250. The molecule has 2 aromatic rings. The molecule has 0 spiro atoms. The van der Waals surface area contributed by atoms with E-state index in [4.69, 9.17) is 23.1 Å². The summed E-state index contributed by atoms with van der Waals surface area (Å²) in [6.07, 6.45) is 3.51. The second-order valence-electron chi connectivity index (χ2n) is 4.33. The Kier molecular flexibility index (Phi) is 3.80. The number of hydrogen-bond acceptors (Lipinski definition) is 4. The maximum atomic E-state index is 14.0. The lowest BCUT2D eigenvalue weighted by molar-refractivity contribution is 0.555. The zero-order valence-electron chi connectivity index (χ0n) is 10.4. The summed E-state index contributed by atoms with van der Waals surface area (Å²) >= 11 is 5.77. The SMILES string of the molecule is CC(Cn1cccn1)Nc1c(N)cc(N)c(Cl)c1F. The van der Waals surface area contributed by atoms with Crippen molar-refractivity contribution < 1.29 is 4.39 Å². The van der Waals surface area contributed by atoms with Gasteiger partial charge in [0.25, 0.3) is 0 Å². The van der Waals surface area contributed by atoms with Gasteiger partial charge in [0.1, 0.15) is 5.02 Å². The standard InChI is InChI=1S/C12H15ClFN5/c1-7(6-19-4-2-3-17-19)18-12-9(16)5-8(15)10(13)11(12)14/h2-5,7,18H,6,15-16H2,1H3. The van der Waals surface area contributed by atoms with Gasteiger partial charge in [-0.2, -0.15) is 5.10 Å². The van der Waals surface area contributed by atoms with Gasteiger partial charge < -0.3 is 16.8 Å². The molecule has 2 rings (SSSR count). The third kappa shape index (κ3) is 2.90. The minimum Gasteiger partial charge on any atom is -0.397 e. The van der Waals surface area contributed by atoms with Crippen LogP contribution >= 0.6 is 11.6 Å². The Morgan fingerprint density at radius 1 is 1.47 bits per heavy atom. The average molecular weight is 284 g/mol. The first kappa shape index (κ1) is 13.5. The Morgan fingerprint density at radius 3 is 2.84 bits per heavy atom. The van der Waals surface area contributed by atoms with Crippen LogP contribution in [0.3, 0.4) is 0 Å². The molecule has 1 aromatic heterocycles. The highest BCUT2D eigenvalue weighted by atomic mass is 35.5. The second-order valence-corrected chi connectivity index (χ2v) is 4.71. The molecule has 0 aliphatic heterocycles. The van der Waals surface area contributed by atoms with Crippen LogP contribution in [0, 0.1) is 5.82 Å². The van der Waals surface area contributed by atoms with Crippen LogP contribution in [0.25, 0.3) is 0 Å². The molecule has 1 unspecified atom stereocenters.